The maximum absolute atomic E-state index is 13.0. The molecule has 0 unspecified atom stereocenters. The number of methoxy groups -OCH3 is 2. The molecule has 1 aliphatic carbocycles. The van der Waals surface area contributed by atoms with Gasteiger partial charge in [0.2, 0.25) is 5.91 Å². The number of esters is 2. The van der Waals surface area contributed by atoms with Crippen molar-refractivity contribution >= 4 is 29.6 Å². The second-order valence-corrected chi connectivity index (χ2v) is 9.19. The zero-order chi connectivity index (χ0) is 22.1. The van der Waals surface area contributed by atoms with Crippen molar-refractivity contribution in [3.05, 3.63) is 63.6 Å². The van der Waals surface area contributed by atoms with Gasteiger partial charge in [-0.15, -0.1) is 0 Å². The number of rotatable bonds is 4. The van der Waals surface area contributed by atoms with Crippen LogP contribution in [0, 0.1) is 5.92 Å². The summed E-state index contributed by atoms with van der Waals surface area (Å²) in [5, 5.41) is 0. The molecule has 0 N–H and O–H groups in total. The molecule has 1 saturated heterocycles. The third kappa shape index (κ3) is 4.06. The Hall–Kier alpha value is -2.80. The number of amides is 1. The molecule has 1 aromatic rings. The van der Waals surface area contributed by atoms with E-state index in [-0.39, 0.29) is 17.9 Å². The highest BCUT2D eigenvalue weighted by Crippen LogP contribution is 2.45. The molecule has 1 aromatic carbocycles. The monoisotopic (exact) mass is 439 g/mol. The second kappa shape index (κ2) is 8.75. The zero-order valence-electron chi connectivity index (χ0n) is 17.8. The average molecular weight is 440 g/mol. The van der Waals surface area contributed by atoms with Crippen LogP contribution in [0.1, 0.15) is 26.2 Å². The third-order valence-electron chi connectivity index (χ3n) is 6.19. The molecule has 0 radical (unpaired) electrons. The van der Waals surface area contributed by atoms with Gasteiger partial charge in [-0.3, -0.25) is 4.79 Å². The first kappa shape index (κ1) is 21.4. The fourth-order valence-electron chi connectivity index (χ4n) is 4.74. The van der Waals surface area contributed by atoms with E-state index in [4.69, 9.17) is 9.47 Å². The highest BCUT2D eigenvalue weighted by atomic mass is 32.2. The van der Waals surface area contributed by atoms with E-state index in [9.17, 15) is 14.4 Å². The van der Waals surface area contributed by atoms with Gasteiger partial charge in [-0.05, 0) is 36.8 Å². The molecule has 162 valence electrons. The maximum atomic E-state index is 13.0. The minimum absolute atomic E-state index is 0.0449. The van der Waals surface area contributed by atoms with E-state index in [0.29, 0.717) is 30.5 Å². The van der Waals surface area contributed by atoms with Crippen LogP contribution >= 0.6 is 11.8 Å². The molecule has 1 amide bonds. The Kier molecular flexibility index (Phi) is 6.05. The van der Waals surface area contributed by atoms with Crippen LogP contribution in [0.3, 0.4) is 0 Å². The van der Waals surface area contributed by atoms with Gasteiger partial charge in [0.25, 0.3) is 0 Å². The molecule has 3 aliphatic rings. The van der Waals surface area contributed by atoms with Gasteiger partial charge in [0.1, 0.15) is 0 Å². The number of piperidine rings is 1. The first-order valence-corrected chi connectivity index (χ1v) is 11.1. The lowest BCUT2D eigenvalue weighted by molar-refractivity contribution is -0.140. The molecule has 2 heterocycles. The summed E-state index contributed by atoms with van der Waals surface area (Å²) in [6.07, 6.45) is 3.52. The van der Waals surface area contributed by atoms with Gasteiger partial charge in [0.05, 0.1) is 25.4 Å². The number of benzene rings is 1. The smallest absolute Gasteiger partial charge is 0.334 e. The van der Waals surface area contributed by atoms with Crippen LogP contribution in [-0.4, -0.2) is 49.6 Å². The normalized spacial score (nSPS) is 23.1. The highest BCUT2D eigenvalue weighted by Gasteiger charge is 2.44. The minimum Gasteiger partial charge on any atom is -0.466 e. The number of carbonyl (C=O) groups is 3. The van der Waals surface area contributed by atoms with Crippen LogP contribution in [0.25, 0.3) is 0 Å². The number of hydrogen-bond donors (Lipinski definition) is 0. The Morgan fingerprint density at radius 1 is 1.06 bits per heavy atom. The Balaban J connectivity index is 1.65. The number of allylic oxidation sites excluding steroid dienone is 1. The number of hydrogen-bond acceptors (Lipinski definition) is 6. The van der Waals surface area contributed by atoms with Gasteiger partial charge in [-0.25, -0.2) is 9.59 Å². The van der Waals surface area contributed by atoms with E-state index in [1.54, 1.807) is 17.8 Å². The summed E-state index contributed by atoms with van der Waals surface area (Å²) in [4.78, 5) is 42.0. The molecule has 2 atom stereocenters. The predicted octanol–water partition coefficient (Wildman–Crippen LogP) is 3.65. The molecule has 2 aliphatic heterocycles. The topological polar surface area (TPSA) is 72.9 Å². The molecule has 0 bridgehead atoms. The summed E-state index contributed by atoms with van der Waals surface area (Å²) in [5.74, 6) is -1.45. The largest absolute Gasteiger partial charge is 0.466 e. The predicted molar refractivity (Wildman–Crippen MR) is 117 cm³/mol. The maximum Gasteiger partial charge on any atom is 0.334 e. The molecule has 4 rings (SSSR count). The number of ether oxygens (including phenoxy) is 2. The second-order valence-electron chi connectivity index (χ2n) is 7.99. The number of fused-ring (bicyclic) bond motifs is 2. The van der Waals surface area contributed by atoms with Crippen LogP contribution in [0.4, 0.5) is 0 Å². The quantitative estimate of drug-likeness (QED) is 0.527. The van der Waals surface area contributed by atoms with Crippen molar-refractivity contribution in [2.24, 2.45) is 5.92 Å². The molecule has 1 fully saturated rings. The van der Waals surface area contributed by atoms with Crippen LogP contribution in [0.5, 0.6) is 0 Å². The summed E-state index contributed by atoms with van der Waals surface area (Å²) in [6, 6.07) is 10.1. The average Bonchev–Trinajstić information content (AvgIpc) is 2.78. The van der Waals surface area contributed by atoms with Gasteiger partial charge < -0.3 is 14.4 Å². The lowest BCUT2D eigenvalue weighted by Crippen LogP contribution is -2.51. The fraction of sp³-hybridized carbons (Fsp3) is 0.375. The molecule has 7 heteroatoms. The third-order valence-corrected chi connectivity index (χ3v) is 7.25. The Labute approximate surface area is 186 Å². The van der Waals surface area contributed by atoms with Crippen molar-refractivity contribution in [3.8, 4) is 0 Å². The van der Waals surface area contributed by atoms with Crippen molar-refractivity contribution in [3.63, 3.8) is 0 Å². The molecule has 0 spiro atoms. The van der Waals surface area contributed by atoms with E-state index in [1.807, 2.05) is 42.2 Å². The SMILES string of the molecule is COC(=O)C1=C(C(=O)OC)[C@@H]2CN3C(=O)C=C(Sc4ccccc4)C[C@H]3CC2=C(C)C1. The van der Waals surface area contributed by atoms with E-state index in [1.165, 1.54) is 14.2 Å². The van der Waals surface area contributed by atoms with Gasteiger partial charge in [-0.1, -0.05) is 41.1 Å². The standard InChI is InChI=1S/C24H25NO5S/c1-14-9-19(23(27)29-2)22(24(28)30-3)20-13-25-15(11-18(14)20)10-17(12-21(25)26)31-16-7-5-4-6-8-16/h4-8,12,15,20H,9-11,13H2,1-3H3/t15-,20+/m0/s1. The molecular formula is C24H25NO5S. The lowest BCUT2D eigenvalue weighted by atomic mass is 9.72. The molecule has 0 aromatic heterocycles. The summed E-state index contributed by atoms with van der Waals surface area (Å²) >= 11 is 1.62. The Morgan fingerprint density at radius 3 is 2.45 bits per heavy atom. The number of thioether (sulfide) groups is 1. The zero-order valence-corrected chi connectivity index (χ0v) is 18.7. The number of nitrogens with zero attached hydrogens (tertiary/aromatic N) is 1. The molecule has 0 saturated carbocycles. The van der Waals surface area contributed by atoms with Crippen molar-refractivity contribution in [1.29, 1.82) is 0 Å². The summed E-state index contributed by atoms with van der Waals surface area (Å²) < 4.78 is 9.92. The van der Waals surface area contributed by atoms with Crippen molar-refractivity contribution in [1.82, 2.24) is 4.90 Å². The Bertz CT molecular complexity index is 1020. The van der Waals surface area contributed by atoms with E-state index in [2.05, 4.69) is 0 Å². The molecular weight excluding hydrogens is 414 g/mol. The molecule has 31 heavy (non-hydrogen) atoms. The first-order chi connectivity index (χ1) is 14.9. The van der Waals surface area contributed by atoms with Gasteiger partial charge >= 0.3 is 11.9 Å². The van der Waals surface area contributed by atoms with Crippen LogP contribution in [0.2, 0.25) is 0 Å². The molecule has 6 nitrogen and oxygen atoms in total. The van der Waals surface area contributed by atoms with E-state index >= 15 is 0 Å². The van der Waals surface area contributed by atoms with Crippen LogP contribution < -0.4 is 0 Å². The van der Waals surface area contributed by atoms with Gasteiger partial charge in [-0.2, -0.15) is 0 Å². The lowest BCUT2D eigenvalue weighted by Gasteiger charge is -2.45. The van der Waals surface area contributed by atoms with E-state index < -0.39 is 11.9 Å². The Morgan fingerprint density at radius 2 is 1.77 bits per heavy atom. The summed E-state index contributed by atoms with van der Waals surface area (Å²) in [7, 11) is 2.61. The van der Waals surface area contributed by atoms with Crippen molar-refractivity contribution < 1.29 is 23.9 Å². The van der Waals surface area contributed by atoms with Crippen molar-refractivity contribution in [2.75, 3.05) is 20.8 Å². The van der Waals surface area contributed by atoms with Gasteiger partial charge in [0, 0.05) is 35.9 Å². The summed E-state index contributed by atoms with van der Waals surface area (Å²) in [5.41, 5.74) is 2.86. The van der Waals surface area contributed by atoms with Gasteiger partial charge in [0.15, 0.2) is 0 Å². The van der Waals surface area contributed by atoms with Crippen LogP contribution in [0.15, 0.2) is 68.5 Å². The summed E-state index contributed by atoms with van der Waals surface area (Å²) in [6.45, 7) is 2.36. The highest BCUT2D eigenvalue weighted by molar-refractivity contribution is 8.03. The minimum atomic E-state index is -0.533. The van der Waals surface area contributed by atoms with Crippen LogP contribution in [-0.2, 0) is 23.9 Å². The number of carbonyl (C=O) groups excluding carboxylic acids is 3. The van der Waals surface area contributed by atoms with E-state index in [0.717, 1.165) is 27.4 Å². The van der Waals surface area contributed by atoms with Crippen molar-refractivity contribution in [2.45, 2.75) is 37.1 Å². The fourth-order valence-corrected chi connectivity index (χ4v) is 5.77. The first-order valence-electron chi connectivity index (χ1n) is 10.2.